The summed E-state index contributed by atoms with van der Waals surface area (Å²) in [6.07, 6.45) is 6.85. The lowest BCUT2D eigenvalue weighted by Gasteiger charge is -2.38. The molecule has 0 aromatic carbocycles. The first-order valence-electron chi connectivity index (χ1n) is 7.66. The molecule has 2 aliphatic rings. The van der Waals surface area contributed by atoms with Crippen molar-refractivity contribution in [1.82, 2.24) is 9.80 Å². The number of rotatable bonds is 4. The van der Waals surface area contributed by atoms with Crippen LogP contribution in [0.5, 0.6) is 0 Å². The number of nitrogens with zero attached hydrogens (tertiary/aromatic N) is 2. The number of carbonyl (C=O) groups is 1. The van der Waals surface area contributed by atoms with Gasteiger partial charge >= 0.3 is 0 Å². The van der Waals surface area contributed by atoms with Gasteiger partial charge in [0, 0.05) is 24.9 Å². The normalized spacial score (nSPS) is 27.9. The molecule has 1 aliphatic heterocycles. The highest BCUT2D eigenvalue weighted by Gasteiger charge is 2.27. The molecule has 0 radical (unpaired) electrons. The van der Waals surface area contributed by atoms with Crippen LogP contribution in [0.1, 0.15) is 45.4 Å². The SMILES string of the molecule is CCN1CCC(N(C)CC2CCCCC2=O)CC1. The number of piperidine rings is 1. The summed E-state index contributed by atoms with van der Waals surface area (Å²) in [6.45, 7) is 6.87. The van der Waals surface area contributed by atoms with Gasteiger partial charge in [-0.3, -0.25) is 4.79 Å². The number of ketones is 1. The third-order valence-corrected chi connectivity index (χ3v) is 4.82. The molecule has 1 aliphatic carbocycles. The van der Waals surface area contributed by atoms with Crippen LogP contribution in [0.4, 0.5) is 0 Å². The topological polar surface area (TPSA) is 23.6 Å². The number of carbonyl (C=O) groups excluding carboxylic acids is 1. The molecule has 0 N–H and O–H groups in total. The molecule has 1 atom stereocenters. The molecule has 18 heavy (non-hydrogen) atoms. The standard InChI is InChI=1S/C15H28N2O/c1-3-17-10-8-14(9-11-17)16(2)12-13-6-4-5-7-15(13)18/h13-14H,3-12H2,1-2H3. The highest BCUT2D eigenvalue weighted by Crippen LogP contribution is 2.23. The molecule has 0 aromatic heterocycles. The molecule has 0 aromatic rings. The number of likely N-dealkylation sites (tertiary alicyclic amines) is 1. The summed E-state index contributed by atoms with van der Waals surface area (Å²) in [6, 6.07) is 0.697. The van der Waals surface area contributed by atoms with Gasteiger partial charge in [-0.15, -0.1) is 0 Å². The Labute approximate surface area is 112 Å². The van der Waals surface area contributed by atoms with E-state index in [0.717, 1.165) is 25.8 Å². The summed E-state index contributed by atoms with van der Waals surface area (Å²) in [5.41, 5.74) is 0. The van der Waals surface area contributed by atoms with Crippen molar-refractivity contribution >= 4 is 5.78 Å². The predicted octanol–water partition coefficient (Wildman–Crippen LogP) is 2.16. The van der Waals surface area contributed by atoms with Crippen LogP contribution >= 0.6 is 0 Å². The van der Waals surface area contributed by atoms with Crippen LogP contribution in [0.15, 0.2) is 0 Å². The summed E-state index contributed by atoms with van der Waals surface area (Å²) in [7, 11) is 2.22. The second-order valence-electron chi connectivity index (χ2n) is 6.01. The van der Waals surface area contributed by atoms with Gasteiger partial charge in [-0.25, -0.2) is 0 Å². The van der Waals surface area contributed by atoms with Gasteiger partial charge in [0.15, 0.2) is 0 Å². The second-order valence-corrected chi connectivity index (χ2v) is 6.01. The van der Waals surface area contributed by atoms with Crippen molar-refractivity contribution in [2.24, 2.45) is 5.92 Å². The minimum atomic E-state index is 0.327. The lowest BCUT2D eigenvalue weighted by molar-refractivity contribution is -0.125. The Balaban J connectivity index is 1.77. The van der Waals surface area contributed by atoms with Crippen molar-refractivity contribution in [2.75, 3.05) is 33.2 Å². The van der Waals surface area contributed by atoms with Gasteiger partial charge in [-0.2, -0.15) is 0 Å². The van der Waals surface area contributed by atoms with Crippen LogP contribution in [-0.4, -0.2) is 54.9 Å². The van der Waals surface area contributed by atoms with Crippen LogP contribution in [0.2, 0.25) is 0 Å². The van der Waals surface area contributed by atoms with Crippen LogP contribution < -0.4 is 0 Å². The van der Waals surface area contributed by atoms with Gasteiger partial charge in [0.1, 0.15) is 5.78 Å². The van der Waals surface area contributed by atoms with E-state index in [4.69, 9.17) is 0 Å². The maximum atomic E-state index is 11.9. The third kappa shape index (κ3) is 3.55. The Morgan fingerprint density at radius 1 is 1.22 bits per heavy atom. The Kier molecular flexibility index (Phi) is 5.19. The van der Waals surface area contributed by atoms with E-state index in [1.165, 1.54) is 38.9 Å². The van der Waals surface area contributed by atoms with E-state index in [1.807, 2.05) is 0 Å². The molecule has 0 amide bonds. The highest BCUT2D eigenvalue weighted by atomic mass is 16.1. The third-order valence-electron chi connectivity index (χ3n) is 4.82. The lowest BCUT2D eigenvalue weighted by Crippen LogP contribution is -2.45. The number of Topliss-reactive ketones (excluding diaryl/α,β-unsaturated/α-hetero) is 1. The van der Waals surface area contributed by atoms with Gasteiger partial charge in [0.25, 0.3) is 0 Å². The van der Waals surface area contributed by atoms with Crippen LogP contribution in [0.25, 0.3) is 0 Å². The average molecular weight is 252 g/mol. The highest BCUT2D eigenvalue weighted by molar-refractivity contribution is 5.81. The largest absolute Gasteiger partial charge is 0.303 e. The minimum Gasteiger partial charge on any atom is -0.303 e. The van der Waals surface area contributed by atoms with E-state index in [1.54, 1.807) is 0 Å². The van der Waals surface area contributed by atoms with Crippen molar-refractivity contribution in [3.8, 4) is 0 Å². The van der Waals surface area contributed by atoms with E-state index < -0.39 is 0 Å². The van der Waals surface area contributed by atoms with Gasteiger partial charge < -0.3 is 9.80 Å². The van der Waals surface area contributed by atoms with Gasteiger partial charge in [-0.1, -0.05) is 13.3 Å². The Morgan fingerprint density at radius 2 is 1.94 bits per heavy atom. The first kappa shape index (κ1) is 14.0. The number of hydrogen-bond donors (Lipinski definition) is 0. The number of hydrogen-bond acceptors (Lipinski definition) is 3. The molecule has 1 saturated heterocycles. The lowest BCUT2D eigenvalue weighted by atomic mass is 9.87. The first-order chi connectivity index (χ1) is 8.70. The van der Waals surface area contributed by atoms with Crippen LogP contribution in [0.3, 0.4) is 0 Å². The van der Waals surface area contributed by atoms with Crippen molar-refractivity contribution in [3.63, 3.8) is 0 Å². The molecule has 1 unspecified atom stereocenters. The Hall–Kier alpha value is -0.410. The molecule has 2 fully saturated rings. The Morgan fingerprint density at radius 3 is 2.56 bits per heavy atom. The van der Waals surface area contributed by atoms with E-state index >= 15 is 0 Å². The monoisotopic (exact) mass is 252 g/mol. The Bertz CT molecular complexity index is 272. The predicted molar refractivity (Wildman–Crippen MR) is 74.7 cm³/mol. The van der Waals surface area contributed by atoms with Crippen molar-refractivity contribution < 1.29 is 4.79 Å². The molecular weight excluding hydrogens is 224 g/mol. The molecule has 2 rings (SSSR count). The molecule has 3 heteroatoms. The fourth-order valence-electron chi connectivity index (χ4n) is 3.42. The van der Waals surface area contributed by atoms with Gasteiger partial charge in [0.2, 0.25) is 0 Å². The maximum Gasteiger partial charge on any atom is 0.137 e. The average Bonchev–Trinajstić information content (AvgIpc) is 2.41. The first-order valence-corrected chi connectivity index (χ1v) is 7.66. The maximum absolute atomic E-state index is 11.9. The fourth-order valence-corrected chi connectivity index (χ4v) is 3.42. The second kappa shape index (κ2) is 6.67. The van der Waals surface area contributed by atoms with Crippen molar-refractivity contribution in [1.29, 1.82) is 0 Å². The van der Waals surface area contributed by atoms with Gasteiger partial charge in [0.05, 0.1) is 0 Å². The summed E-state index contributed by atoms with van der Waals surface area (Å²) in [4.78, 5) is 16.9. The van der Waals surface area contributed by atoms with E-state index in [0.29, 0.717) is 17.7 Å². The zero-order chi connectivity index (χ0) is 13.0. The van der Waals surface area contributed by atoms with E-state index in [9.17, 15) is 4.79 Å². The van der Waals surface area contributed by atoms with E-state index in [-0.39, 0.29) is 0 Å². The fraction of sp³-hybridized carbons (Fsp3) is 0.933. The van der Waals surface area contributed by atoms with Crippen molar-refractivity contribution in [2.45, 2.75) is 51.5 Å². The summed E-state index contributed by atoms with van der Waals surface area (Å²) in [5.74, 6) is 0.840. The molecule has 3 nitrogen and oxygen atoms in total. The molecule has 0 spiro atoms. The summed E-state index contributed by atoms with van der Waals surface area (Å²) < 4.78 is 0. The van der Waals surface area contributed by atoms with Gasteiger partial charge in [-0.05, 0) is 52.4 Å². The zero-order valence-electron chi connectivity index (χ0n) is 12.0. The molecule has 1 saturated carbocycles. The summed E-state index contributed by atoms with van der Waals surface area (Å²) in [5, 5.41) is 0. The molecular formula is C15H28N2O. The molecule has 104 valence electrons. The smallest absolute Gasteiger partial charge is 0.137 e. The summed E-state index contributed by atoms with van der Waals surface area (Å²) >= 11 is 0. The van der Waals surface area contributed by atoms with Crippen LogP contribution in [-0.2, 0) is 4.79 Å². The van der Waals surface area contributed by atoms with E-state index in [2.05, 4.69) is 23.8 Å². The van der Waals surface area contributed by atoms with Crippen molar-refractivity contribution in [3.05, 3.63) is 0 Å². The zero-order valence-corrected chi connectivity index (χ0v) is 12.0. The minimum absolute atomic E-state index is 0.327. The molecule has 1 heterocycles. The quantitative estimate of drug-likeness (QED) is 0.766. The molecule has 0 bridgehead atoms. The van der Waals surface area contributed by atoms with Crippen LogP contribution in [0, 0.1) is 5.92 Å².